The highest BCUT2D eigenvalue weighted by Crippen LogP contribution is 2.47. The third-order valence-corrected chi connectivity index (χ3v) is 7.84. The molecule has 4 rings (SSSR count). The van der Waals surface area contributed by atoms with Crippen molar-refractivity contribution in [3.63, 3.8) is 0 Å². The zero-order chi connectivity index (χ0) is 29.9. The van der Waals surface area contributed by atoms with Gasteiger partial charge in [-0.15, -0.1) is 0 Å². The third-order valence-electron chi connectivity index (χ3n) is 6.20. The number of nitrogens with zero attached hydrogens (tertiary/aromatic N) is 4. The number of para-hydroxylation sites is 1. The number of aliphatic hydroxyl groups is 1. The fourth-order valence-electron chi connectivity index (χ4n) is 4.25. The molecule has 0 saturated carbocycles. The second-order valence-electron chi connectivity index (χ2n) is 10.0. The quantitative estimate of drug-likeness (QED) is 0.175. The van der Waals surface area contributed by atoms with E-state index in [2.05, 4.69) is 20.0 Å². The maximum atomic E-state index is 13.8. The van der Waals surface area contributed by atoms with E-state index in [9.17, 15) is 14.5 Å². The molecule has 0 radical (unpaired) electrons. The maximum Gasteiger partial charge on any atom is 0.459 e. The van der Waals surface area contributed by atoms with Crippen LogP contribution in [0.5, 0.6) is 11.6 Å². The summed E-state index contributed by atoms with van der Waals surface area (Å²) >= 11 is 0. The molecular formula is C25H36N7O8P. The number of rotatable bonds is 12. The molecule has 2 aromatic heterocycles. The Labute approximate surface area is 237 Å². The molecule has 15 nitrogen and oxygen atoms in total. The highest BCUT2D eigenvalue weighted by atomic mass is 31.2. The van der Waals surface area contributed by atoms with E-state index in [1.807, 2.05) is 0 Å². The van der Waals surface area contributed by atoms with Crippen molar-refractivity contribution < 1.29 is 37.7 Å². The number of benzene rings is 1. The monoisotopic (exact) mass is 593 g/mol. The molecule has 1 fully saturated rings. The number of aromatic nitrogens is 4. The molecule has 0 amide bonds. The minimum atomic E-state index is -4.21. The van der Waals surface area contributed by atoms with Crippen molar-refractivity contribution in [2.45, 2.75) is 70.7 Å². The molecule has 224 valence electrons. The lowest BCUT2D eigenvalue weighted by Crippen LogP contribution is -2.52. The van der Waals surface area contributed by atoms with E-state index in [0.717, 1.165) is 0 Å². The number of imidazole rings is 1. The zero-order valence-corrected chi connectivity index (χ0v) is 24.4. The van der Waals surface area contributed by atoms with Crippen LogP contribution in [0.15, 0.2) is 36.7 Å². The second kappa shape index (κ2) is 12.3. The minimum Gasteiger partial charge on any atom is -0.476 e. The first-order valence-electron chi connectivity index (χ1n) is 13.1. The van der Waals surface area contributed by atoms with Crippen LogP contribution in [0.2, 0.25) is 0 Å². The fourth-order valence-corrected chi connectivity index (χ4v) is 5.75. The molecule has 6 atom stereocenters. The summed E-state index contributed by atoms with van der Waals surface area (Å²) in [7, 11) is -4.21. The average molecular weight is 594 g/mol. The largest absolute Gasteiger partial charge is 0.476 e. The van der Waals surface area contributed by atoms with E-state index in [0.29, 0.717) is 12.1 Å². The number of nitrogens with one attached hydrogen (secondary N) is 1. The van der Waals surface area contributed by atoms with Crippen molar-refractivity contribution in [3.8, 4) is 11.6 Å². The third kappa shape index (κ3) is 6.77. The second-order valence-corrected chi connectivity index (χ2v) is 11.7. The molecule has 0 spiro atoms. The van der Waals surface area contributed by atoms with Gasteiger partial charge in [0.2, 0.25) is 11.8 Å². The number of hydrogen-bond acceptors (Lipinski definition) is 13. The van der Waals surface area contributed by atoms with Gasteiger partial charge in [-0.2, -0.15) is 15.1 Å². The fraction of sp³-hybridized carbons (Fsp3) is 0.520. The number of hydrogen-bond donors (Lipinski definition) is 4. The van der Waals surface area contributed by atoms with Crippen molar-refractivity contribution in [3.05, 3.63) is 36.7 Å². The van der Waals surface area contributed by atoms with Crippen LogP contribution in [0, 0.1) is 0 Å². The van der Waals surface area contributed by atoms with Gasteiger partial charge < -0.3 is 35.3 Å². The highest BCUT2D eigenvalue weighted by molar-refractivity contribution is 7.52. The van der Waals surface area contributed by atoms with Gasteiger partial charge in [0.1, 0.15) is 24.0 Å². The predicted molar refractivity (Wildman–Crippen MR) is 148 cm³/mol. The van der Waals surface area contributed by atoms with Crippen molar-refractivity contribution in [2.24, 2.45) is 5.73 Å². The molecule has 1 aromatic carbocycles. The first kappa shape index (κ1) is 30.6. The number of nitrogens with two attached hydrogens (primary N) is 2. The van der Waals surface area contributed by atoms with Gasteiger partial charge in [-0.3, -0.25) is 13.9 Å². The van der Waals surface area contributed by atoms with Gasteiger partial charge >= 0.3 is 13.7 Å². The number of nitrogen functional groups attached to an aromatic ring is 1. The van der Waals surface area contributed by atoms with Gasteiger partial charge in [0.25, 0.3) is 0 Å². The van der Waals surface area contributed by atoms with Crippen LogP contribution in [-0.2, 0) is 23.4 Å². The summed E-state index contributed by atoms with van der Waals surface area (Å²) in [4.78, 5) is 25.1. The lowest BCUT2D eigenvalue weighted by Gasteiger charge is -2.28. The van der Waals surface area contributed by atoms with Crippen molar-refractivity contribution in [2.75, 3.05) is 18.9 Å². The molecule has 3 heterocycles. The van der Waals surface area contributed by atoms with Gasteiger partial charge in [0, 0.05) is 0 Å². The van der Waals surface area contributed by atoms with Gasteiger partial charge in [0.15, 0.2) is 17.4 Å². The summed E-state index contributed by atoms with van der Waals surface area (Å²) in [5.41, 5.74) is 11.7. The maximum absolute atomic E-state index is 13.8. The Morgan fingerprint density at radius 1 is 1.27 bits per heavy atom. The topological polar surface area (TPSA) is 208 Å². The van der Waals surface area contributed by atoms with Gasteiger partial charge in [-0.25, -0.2) is 9.55 Å². The van der Waals surface area contributed by atoms with E-state index in [4.69, 9.17) is 34.7 Å². The van der Waals surface area contributed by atoms with Crippen molar-refractivity contribution in [1.82, 2.24) is 24.6 Å². The molecule has 6 N–H and O–H groups in total. The van der Waals surface area contributed by atoms with Crippen LogP contribution in [0.25, 0.3) is 11.2 Å². The Kier molecular flexibility index (Phi) is 9.16. The summed E-state index contributed by atoms with van der Waals surface area (Å²) in [6.07, 6.45) is -2.29. The van der Waals surface area contributed by atoms with Crippen molar-refractivity contribution >= 4 is 30.8 Å². The number of carbonyl (C=O) groups is 1. The SMILES string of the molecule is CCOc1nc(N)nc2c1ncn2[C@@H]1O[C@H](COP(=O)(N[C@@H](C)C(=O)OC(C)C)Oc2ccccc2)C(O)[C@@]1(C)N. The first-order chi connectivity index (χ1) is 19.3. The summed E-state index contributed by atoms with van der Waals surface area (Å²) in [5, 5.41) is 13.7. The molecule has 1 aliphatic heterocycles. The average Bonchev–Trinajstić information content (AvgIpc) is 3.41. The number of ether oxygens (including phenoxy) is 3. The Morgan fingerprint density at radius 3 is 2.63 bits per heavy atom. The predicted octanol–water partition coefficient (Wildman–Crippen LogP) is 1.92. The minimum absolute atomic E-state index is 0.0463. The van der Waals surface area contributed by atoms with Crippen LogP contribution in [0.1, 0.15) is 40.8 Å². The molecule has 2 unspecified atom stereocenters. The van der Waals surface area contributed by atoms with E-state index in [1.54, 1.807) is 58.0 Å². The Morgan fingerprint density at radius 2 is 1.98 bits per heavy atom. The van der Waals surface area contributed by atoms with E-state index >= 15 is 0 Å². The molecule has 41 heavy (non-hydrogen) atoms. The number of carbonyl (C=O) groups excluding carboxylic acids is 1. The van der Waals surface area contributed by atoms with Crippen LogP contribution in [-0.4, -0.2) is 73.7 Å². The van der Waals surface area contributed by atoms with E-state index in [-0.39, 0.29) is 29.3 Å². The normalized spacial score (nSPS) is 24.7. The zero-order valence-electron chi connectivity index (χ0n) is 23.5. The van der Waals surface area contributed by atoms with E-state index in [1.165, 1.54) is 17.8 Å². The number of aliphatic hydroxyl groups excluding tert-OH is 1. The van der Waals surface area contributed by atoms with E-state index < -0.39 is 50.3 Å². The standard InChI is InChI=1S/C25H36N7O8P/c1-6-36-21-18-20(29-24(26)30-21)32(13-28-18)23-25(5,27)19(33)17(39-23)12-37-41(35,40-16-10-8-7-9-11-16)31-15(4)22(34)38-14(2)3/h7-11,13-15,17,19,23,33H,6,12,27H2,1-5H3,(H,31,35)(H2,26,29,30)/t15-,17+,19?,23+,25+,41?/m0/s1. The van der Waals surface area contributed by atoms with Gasteiger partial charge in [0.05, 0.1) is 31.2 Å². The summed E-state index contributed by atoms with van der Waals surface area (Å²) in [5.74, 6) is -0.266. The molecule has 1 aliphatic rings. The summed E-state index contributed by atoms with van der Waals surface area (Å²) in [6.45, 7) is 8.16. The molecular weight excluding hydrogens is 557 g/mol. The Balaban J connectivity index is 1.56. The van der Waals surface area contributed by atoms with Crippen LogP contribution in [0.4, 0.5) is 5.95 Å². The Hall–Kier alpha value is -3.33. The number of esters is 1. The summed E-state index contributed by atoms with van der Waals surface area (Å²) in [6, 6.07) is 7.25. The lowest BCUT2D eigenvalue weighted by atomic mass is 9.93. The lowest BCUT2D eigenvalue weighted by molar-refractivity contribution is -0.149. The van der Waals surface area contributed by atoms with Gasteiger partial charge in [-0.1, -0.05) is 18.2 Å². The highest BCUT2D eigenvalue weighted by Gasteiger charge is 2.53. The van der Waals surface area contributed by atoms with Crippen LogP contribution >= 0.6 is 7.75 Å². The molecule has 0 bridgehead atoms. The summed E-state index contributed by atoms with van der Waals surface area (Å²) < 4.78 is 43.6. The first-order valence-corrected chi connectivity index (χ1v) is 14.6. The number of fused-ring (bicyclic) bond motifs is 1. The smallest absolute Gasteiger partial charge is 0.459 e. The number of anilines is 1. The molecule has 16 heteroatoms. The van der Waals surface area contributed by atoms with Crippen LogP contribution in [0.3, 0.4) is 0 Å². The van der Waals surface area contributed by atoms with Crippen molar-refractivity contribution in [1.29, 1.82) is 0 Å². The van der Waals surface area contributed by atoms with Crippen LogP contribution < -0.4 is 25.8 Å². The molecule has 3 aromatic rings. The Bertz CT molecular complexity index is 1400. The molecule has 0 aliphatic carbocycles. The van der Waals surface area contributed by atoms with Gasteiger partial charge in [-0.05, 0) is 46.8 Å². The molecule has 1 saturated heterocycles.